The molecule has 0 aromatic heterocycles. The molecule has 0 radical (unpaired) electrons. The third-order valence-corrected chi connectivity index (χ3v) is 14.1. The van der Waals surface area contributed by atoms with Crippen molar-refractivity contribution in [1.82, 2.24) is 0 Å². The van der Waals surface area contributed by atoms with Gasteiger partial charge in [0.1, 0.15) is 11.5 Å². The summed E-state index contributed by atoms with van der Waals surface area (Å²) >= 11 is 0. The average Bonchev–Trinajstić information content (AvgIpc) is 3.89. The van der Waals surface area contributed by atoms with E-state index in [2.05, 4.69) is 206 Å². The van der Waals surface area contributed by atoms with Gasteiger partial charge < -0.3 is 4.74 Å². The molecular weight excluding hydrogens is 713 g/mol. The maximum absolute atomic E-state index is 7.07. The number of hydrogen-bond donors (Lipinski definition) is 0. The molecule has 0 saturated heterocycles. The average molecular weight is 747 g/mol. The van der Waals surface area contributed by atoms with E-state index in [0.717, 1.165) is 11.5 Å². The first-order valence-corrected chi connectivity index (χ1v) is 20.7. The van der Waals surface area contributed by atoms with Gasteiger partial charge in [0.2, 0.25) is 0 Å². The molecule has 3 aliphatic carbocycles. The molecule has 0 bridgehead atoms. The molecule has 1 nitrogen and oxygen atoms in total. The molecule has 1 heteroatoms. The normalized spacial score (nSPS) is 16.5. The van der Waals surface area contributed by atoms with E-state index < -0.39 is 10.8 Å². The number of rotatable bonds is 1. The van der Waals surface area contributed by atoms with Gasteiger partial charge in [-0.3, -0.25) is 0 Å². The summed E-state index contributed by atoms with van der Waals surface area (Å²) in [6, 6.07) is 77.3. The Morgan fingerprint density at radius 2 is 0.729 bits per heavy atom. The van der Waals surface area contributed by atoms with Crippen molar-refractivity contribution in [1.29, 1.82) is 0 Å². The molecule has 0 fully saturated rings. The molecule has 1 heterocycles. The molecule has 10 aromatic rings. The maximum Gasteiger partial charge on any atom is 0.132 e. The monoisotopic (exact) mass is 746 g/mol. The molecule has 10 aromatic carbocycles. The fourth-order valence-corrected chi connectivity index (χ4v) is 12.1. The molecule has 2 spiro atoms. The van der Waals surface area contributed by atoms with E-state index in [0.29, 0.717) is 0 Å². The van der Waals surface area contributed by atoms with Crippen LogP contribution in [-0.2, 0) is 10.8 Å². The fraction of sp³-hybridized carbons (Fsp3) is 0.0345. The molecular formula is C58H34O. The predicted molar refractivity (Wildman–Crippen MR) is 241 cm³/mol. The van der Waals surface area contributed by atoms with Gasteiger partial charge in [0.25, 0.3) is 0 Å². The van der Waals surface area contributed by atoms with Gasteiger partial charge in [0, 0.05) is 11.1 Å². The number of hydrogen-bond acceptors (Lipinski definition) is 1. The Hall–Kier alpha value is -7.48. The van der Waals surface area contributed by atoms with E-state index in [4.69, 9.17) is 4.74 Å². The second-order valence-electron chi connectivity index (χ2n) is 16.6. The molecule has 1 atom stereocenters. The minimum absolute atomic E-state index is 0.519. The van der Waals surface area contributed by atoms with Gasteiger partial charge in [-0.05, 0) is 118 Å². The van der Waals surface area contributed by atoms with Crippen LogP contribution in [0.25, 0.3) is 66.1 Å². The highest BCUT2D eigenvalue weighted by atomic mass is 16.5. The Morgan fingerprint density at radius 1 is 0.271 bits per heavy atom. The lowest BCUT2D eigenvalue weighted by molar-refractivity contribution is 0.438. The maximum atomic E-state index is 7.07. The molecule has 0 N–H and O–H groups in total. The first kappa shape index (κ1) is 31.6. The third-order valence-electron chi connectivity index (χ3n) is 14.1. The Bertz CT molecular complexity index is 3440. The topological polar surface area (TPSA) is 9.23 Å². The Balaban J connectivity index is 1.12. The summed E-state index contributed by atoms with van der Waals surface area (Å²) in [6.45, 7) is 0. The van der Waals surface area contributed by atoms with E-state index in [1.165, 1.54) is 111 Å². The van der Waals surface area contributed by atoms with Crippen molar-refractivity contribution in [3.8, 4) is 56.0 Å². The summed E-state index contributed by atoms with van der Waals surface area (Å²) < 4.78 is 7.07. The van der Waals surface area contributed by atoms with E-state index in [1.807, 2.05) is 0 Å². The van der Waals surface area contributed by atoms with E-state index in [1.54, 1.807) is 0 Å². The largest absolute Gasteiger partial charge is 0.457 e. The molecule has 1 aliphatic heterocycles. The molecule has 14 rings (SSSR count). The van der Waals surface area contributed by atoms with Crippen molar-refractivity contribution in [2.24, 2.45) is 0 Å². The van der Waals surface area contributed by atoms with E-state index in [9.17, 15) is 0 Å². The second-order valence-corrected chi connectivity index (χ2v) is 16.6. The van der Waals surface area contributed by atoms with Crippen molar-refractivity contribution in [3.05, 3.63) is 251 Å². The van der Waals surface area contributed by atoms with Crippen LogP contribution in [0.15, 0.2) is 206 Å². The number of ether oxygens (including phenoxy) is 1. The molecule has 0 saturated carbocycles. The van der Waals surface area contributed by atoms with Crippen molar-refractivity contribution >= 4 is 21.5 Å². The van der Waals surface area contributed by atoms with Crippen LogP contribution >= 0.6 is 0 Å². The highest BCUT2D eigenvalue weighted by Crippen LogP contribution is 2.67. The van der Waals surface area contributed by atoms with Crippen LogP contribution in [0.2, 0.25) is 0 Å². The van der Waals surface area contributed by atoms with Gasteiger partial charge in [-0.15, -0.1) is 0 Å². The molecule has 59 heavy (non-hydrogen) atoms. The van der Waals surface area contributed by atoms with Gasteiger partial charge in [-0.2, -0.15) is 0 Å². The summed E-state index contributed by atoms with van der Waals surface area (Å²) in [7, 11) is 0. The zero-order chi connectivity index (χ0) is 38.5. The van der Waals surface area contributed by atoms with E-state index in [-0.39, 0.29) is 0 Å². The first-order valence-electron chi connectivity index (χ1n) is 20.7. The van der Waals surface area contributed by atoms with Crippen LogP contribution in [0.3, 0.4) is 0 Å². The van der Waals surface area contributed by atoms with Crippen LogP contribution < -0.4 is 4.74 Å². The van der Waals surface area contributed by atoms with Crippen LogP contribution in [-0.4, -0.2) is 0 Å². The van der Waals surface area contributed by atoms with E-state index >= 15 is 0 Å². The summed E-state index contributed by atoms with van der Waals surface area (Å²) in [5, 5.41) is 4.99. The van der Waals surface area contributed by atoms with Crippen LogP contribution in [0.5, 0.6) is 11.5 Å². The van der Waals surface area contributed by atoms with Gasteiger partial charge in [0.15, 0.2) is 0 Å². The standard InChI is InChI=1S/C58H34O/c1-3-16-38-35(14-1)28-31-46-44-21-8-12-27-50(44)58(54(38)46)49-26-11-7-20-43(49)45-23-13-22-40(55(45)58)37-30-32-52-51(34-37)57(56-39-17-4-2-15-36(39)29-33-53(56)59-52)47-24-9-5-18-41(47)42-19-6-10-25-48(42)57/h1-34H. The SMILES string of the molecule is c1ccc2c(c1)-c1ccccc1C21c2cc(-c3cccc4c3C3(c5ccccc5-4)c4ccccc4-c4ccc5ccccc5c43)ccc2Oc2ccc3ccccc3c21. The van der Waals surface area contributed by atoms with Crippen molar-refractivity contribution in [2.45, 2.75) is 10.8 Å². The summed E-state index contributed by atoms with van der Waals surface area (Å²) in [4.78, 5) is 0. The van der Waals surface area contributed by atoms with Crippen LogP contribution in [0.1, 0.15) is 44.5 Å². The van der Waals surface area contributed by atoms with Crippen molar-refractivity contribution in [2.75, 3.05) is 0 Å². The lowest BCUT2D eigenvalue weighted by Gasteiger charge is -2.40. The lowest BCUT2D eigenvalue weighted by atomic mass is 9.64. The number of benzene rings is 10. The minimum atomic E-state index is -0.603. The van der Waals surface area contributed by atoms with Crippen molar-refractivity contribution < 1.29 is 4.74 Å². The molecule has 272 valence electrons. The second kappa shape index (κ2) is 11.1. The Morgan fingerprint density at radius 3 is 1.37 bits per heavy atom. The number of fused-ring (bicyclic) bond motifs is 23. The Kier molecular flexibility index (Phi) is 5.96. The molecule has 0 amide bonds. The zero-order valence-corrected chi connectivity index (χ0v) is 32.0. The minimum Gasteiger partial charge on any atom is -0.457 e. The van der Waals surface area contributed by atoms with Crippen molar-refractivity contribution in [3.63, 3.8) is 0 Å². The smallest absolute Gasteiger partial charge is 0.132 e. The quantitative estimate of drug-likeness (QED) is 0.163. The van der Waals surface area contributed by atoms with Gasteiger partial charge in [-0.1, -0.05) is 188 Å². The highest BCUT2D eigenvalue weighted by Gasteiger charge is 2.55. The third kappa shape index (κ3) is 3.69. The first-order chi connectivity index (χ1) is 29.3. The summed E-state index contributed by atoms with van der Waals surface area (Å²) in [5.41, 5.74) is 19.5. The van der Waals surface area contributed by atoms with Gasteiger partial charge >= 0.3 is 0 Å². The van der Waals surface area contributed by atoms with Crippen LogP contribution in [0, 0.1) is 0 Å². The van der Waals surface area contributed by atoms with Gasteiger partial charge in [0.05, 0.1) is 10.8 Å². The highest BCUT2D eigenvalue weighted by molar-refractivity contribution is 6.06. The summed E-state index contributed by atoms with van der Waals surface area (Å²) in [6.07, 6.45) is 0. The Labute approximate surface area is 342 Å². The summed E-state index contributed by atoms with van der Waals surface area (Å²) in [5.74, 6) is 1.81. The zero-order valence-electron chi connectivity index (χ0n) is 32.0. The van der Waals surface area contributed by atoms with Crippen LogP contribution in [0.4, 0.5) is 0 Å². The molecule has 1 unspecified atom stereocenters. The fourth-order valence-electron chi connectivity index (χ4n) is 12.1. The lowest BCUT2D eigenvalue weighted by Crippen LogP contribution is -2.32. The predicted octanol–water partition coefficient (Wildman–Crippen LogP) is 14.5. The van der Waals surface area contributed by atoms with Gasteiger partial charge in [-0.25, -0.2) is 0 Å². The molecule has 4 aliphatic rings.